The van der Waals surface area contributed by atoms with Crippen LogP contribution in [-0.4, -0.2) is 10.8 Å². The second kappa shape index (κ2) is 6.68. The molecule has 102 valence electrons. The van der Waals surface area contributed by atoms with E-state index in [1.54, 1.807) is 30.6 Å². The molecule has 0 saturated heterocycles. The van der Waals surface area contributed by atoms with E-state index in [-0.39, 0.29) is 12.2 Å². The maximum atomic E-state index is 12.0. The number of hydrogen-bond donors (Lipinski definition) is 1. The molecule has 0 atom stereocenters. The Kier molecular flexibility index (Phi) is 4.93. The molecular formula is C15H12BrClN2O. The quantitative estimate of drug-likeness (QED) is 0.794. The summed E-state index contributed by atoms with van der Waals surface area (Å²) in [4.78, 5) is 15.9. The molecule has 0 amide bonds. The van der Waals surface area contributed by atoms with E-state index in [1.165, 1.54) is 0 Å². The van der Waals surface area contributed by atoms with Crippen molar-refractivity contribution >= 4 is 39.0 Å². The van der Waals surface area contributed by atoms with Crippen molar-refractivity contribution in [1.82, 2.24) is 4.98 Å². The molecule has 0 radical (unpaired) electrons. The van der Waals surface area contributed by atoms with Crippen LogP contribution in [0.4, 0.5) is 5.69 Å². The summed E-state index contributed by atoms with van der Waals surface area (Å²) in [5.41, 5.74) is 2.02. The van der Waals surface area contributed by atoms with E-state index >= 15 is 0 Å². The summed E-state index contributed by atoms with van der Waals surface area (Å²) in [6, 6.07) is 8.90. The Morgan fingerprint density at radius 2 is 2.20 bits per heavy atom. The SMILES string of the molecule is C=C(CC(=O)c1cccnc1)Nc1ccc(Cl)c(Br)c1. The monoisotopic (exact) mass is 350 g/mol. The fraction of sp³-hybridized carbons (Fsp3) is 0.0667. The number of Topliss-reactive ketones (excluding diaryl/α,β-unsaturated/α-hetero) is 1. The average Bonchev–Trinajstić information content (AvgIpc) is 2.44. The van der Waals surface area contributed by atoms with Gasteiger partial charge in [-0.05, 0) is 46.3 Å². The lowest BCUT2D eigenvalue weighted by Gasteiger charge is -2.10. The third kappa shape index (κ3) is 3.92. The average molecular weight is 352 g/mol. The largest absolute Gasteiger partial charge is 0.359 e. The zero-order chi connectivity index (χ0) is 14.5. The number of benzene rings is 1. The van der Waals surface area contributed by atoms with E-state index in [4.69, 9.17) is 11.6 Å². The lowest BCUT2D eigenvalue weighted by Crippen LogP contribution is -2.06. The topological polar surface area (TPSA) is 42.0 Å². The molecular weight excluding hydrogens is 340 g/mol. The van der Waals surface area contributed by atoms with E-state index in [1.807, 2.05) is 12.1 Å². The Morgan fingerprint density at radius 1 is 1.40 bits per heavy atom. The van der Waals surface area contributed by atoms with E-state index in [9.17, 15) is 4.79 Å². The lowest BCUT2D eigenvalue weighted by molar-refractivity contribution is 0.0993. The van der Waals surface area contributed by atoms with Gasteiger partial charge < -0.3 is 5.32 Å². The van der Waals surface area contributed by atoms with Crippen LogP contribution in [0, 0.1) is 0 Å². The lowest BCUT2D eigenvalue weighted by atomic mass is 10.1. The van der Waals surface area contributed by atoms with Crippen LogP contribution < -0.4 is 5.32 Å². The van der Waals surface area contributed by atoms with Crippen molar-refractivity contribution in [2.45, 2.75) is 6.42 Å². The predicted molar refractivity (Wildman–Crippen MR) is 85.1 cm³/mol. The van der Waals surface area contributed by atoms with Gasteiger partial charge in [-0.3, -0.25) is 9.78 Å². The number of aromatic nitrogens is 1. The van der Waals surface area contributed by atoms with Crippen LogP contribution in [0.3, 0.4) is 0 Å². The van der Waals surface area contributed by atoms with Crippen LogP contribution >= 0.6 is 27.5 Å². The highest BCUT2D eigenvalue weighted by atomic mass is 79.9. The number of anilines is 1. The molecule has 0 spiro atoms. The van der Waals surface area contributed by atoms with E-state index in [0.717, 1.165) is 10.2 Å². The normalized spacial score (nSPS) is 10.1. The Hall–Kier alpha value is -1.65. The number of pyridine rings is 1. The number of halogens is 2. The highest BCUT2D eigenvalue weighted by molar-refractivity contribution is 9.10. The van der Waals surface area contributed by atoms with E-state index in [0.29, 0.717) is 16.3 Å². The molecule has 2 aromatic rings. The molecule has 5 heteroatoms. The van der Waals surface area contributed by atoms with Crippen molar-refractivity contribution in [3.63, 3.8) is 0 Å². The van der Waals surface area contributed by atoms with Crippen LogP contribution in [0.1, 0.15) is 16.8 Å². The summed E-state index contributed by atoms with van der Waals surface area (Å²) in [6.45, 7) is 3.87. The number of carbonyl (C=O) groups is 1. The summed E-state index contributed by atoms with van der Waals surface area (Å²) >= 11 is 9.27. The van der Waals surface area contributed by atoms with Gasteiger partial charge >= 0.3 is 0 Å². The first-order chi connectivity index (χ1) is 9.56. The molecule has 0 fully saturated rings. The van der Waals surface area contributed by atoms with Gasteiger partial charge in [-0.25, -0.2) is 0 Å². The molecule has 1 aromatic heterocycles. The van der Waals surface area contributed by atoms with Gasteiger partial charge in [0, 0.05) is 33.8 Å². The van der Waals surface area contributed by atoms with Crippen molar-refractivity contribution in [3.8, 4) is 0 Å². The molecule has 1 N–H and O–H groups in total. The first-order valence-corrected chi connectivity index (χ1v) is 7.06. The highest BCUT2D eigenvalue weighted by Gasteiger charge is 2.08. The van der Waals surface area contributed by atoms with Gasteiger partial charge in [0.15, 0.2) is 5.78 Å². The zero-order valence-corrected chi connectivity index (χ0v) is 12.9. The Morgan fingerprint density at radius 3 is 2.85 bits per heavy atom. The fourth-order valence-corrected chi connectivity index (χ4v) is 2.14. The predicted octanol–water partition coefficient (Wildman–Crippen LogP) is 4.70. The van der Waals surface area contributed by atoms with Gasteiger partial charge in [-0.1, -0.05) is 18.2 Å². The first kappa shape index (κ1) is 14.8. The maximum Gasteiger partial charge on any atom is 0.170 e. The number of ketones is 1. The smallest absolute Gasteiger partial charge is 0.170 e. The molecule has 0 bridgehead atoms. The Balaban J connectivity index is 1.99. The van der Waals surface area contributed by atoms with Crippen molar-refractivity contribution in [3.05, 3.63) is 70.1 Å². The maximum absolute atomic E-state index is 12.0. The van der Waals surface area contributed by atoms with Gasteiger partial charge in [0.2, 0.25) is 0 Å². The van der Waals surface area contributed by atoms with E-state index < -0.39 is 0 Å². The minimum atomic E-state index is -0.0244. The molecule has 1 heterocycles. The third-order valence-corrected chi connectivity index (χ3v) is 3.81. The number of carbonyl (C=O) groups excluding carboxylic acids is 1. The Labute approximate surface area is 130 Å². The standard InChI is InChI=1S/C15H12BrClN2O/c1-10(7-15(20)11-3-2-6-18-9-11)19-12-4-5-14(17)13(16)8-12/h2-6,8-9,19H,1,7H2. The van der Waals surface area contributed by atoms with Gasteiger partial charge in [-0.15, -0.1) is 0 Å². The zero-order valence-electron chi connectivity index (χ0n) is 10.6. The van der Waals surface area contributed by atoms with Crippen LogP contribution in [0.15, 0.2) is 59.5 Å². The summed E-state index contributed by atoms with van der Waals surface area (Å²) < 4.78 is 0.788. The molecule has 1 aromatic carbocycles. The minimum absolute atomic E-state index is 0.0244. The molecule has 3 nitrogen and oxygen atoms in total. The van der Waals surface area contributed by atoms with Crippen molar-refractivity contribution in [2.75, 3.05) is 5.32 Å². The van der Waals surface area contributed by atoms with Crippen LogP contribution in [0.25, 0.3) is 0 Å². The molecule has 0 aliphatic carbocycles. The van der Waals surface area contributed by atoms with Gasteiger partial charge in [0.25, 0.3) is 0 Å². The van der Waals surface area contributed by atoms with Crippen molar-refractivity contribution in [2.24, 2.45) is 0 Å². The summed E-state index contributed by atoms with van der Waals surface area (Å²) in [7, 11) is 0. The summed E-state index contributed by atoms with van der Waals surface area (Å²) in [5, 5.41) is 3.72. The fourth-order valence-electron chi connectivity index (χ4n) is 1.65. The molecule has 0 aliphatic heterocycles. The van der Waals surface area contributed by atoms with Crippen LogP contribution in [0.5, 0.6) is 0 Å². The van der Waals surface area contributed by atoms with E-state index in [2.05, 4.69) is 32.8 Å². The summed E-state index contributed by atoms with van der Waals surface area (Å²) in [6.07, 6.45) is 3.40. The number of nitrogens with one attached hydrogen (secondary N) is 1. The van der Waals surface area contributed by atoms with Crippen molar-refractivity contribution in [1.29, 1.82) is 0 Å². The molecule has 0 aliphatic rings. The number of nitrogens with zero attached hydrogens (tertiary/aromatic N) is 1. The van der Waals surface area contributed by atoms with Gasteiger partial charge in [0.1, 0.15) is 0 Å². The second-order valence-electron chi connectivity index (χ2n) is 4.20. The molecule has 0 unspecified atom stereocenters. The molecule has 0 saturated carbocycles. The van der Waals surface area contributed by atoms with Crippen LogP contribution in [0.2, 0.25) is 5.02 Å². The van der Waals surface area contributed by atoms with Crippen molar-refractivity contribution < 1.29 is 4.79 Å². The summed E-state index contributed by atoms with van der Waals surface area (Å²) in [5.74, 6) is -0.0244. The highest BCUT2D eigenvalue weighted by Crippen LogP contribution is 2.26. The van der Waals surface area contributed by atoms with Crippen LogP contribution in [-0.2, 0) is 0 Å². The molecule has 20 heavy (non-hydrogen) atoms. The minimum Gasteiger partial charge on any atom is -0.359 e. The number of allylic oxidation sites excluding steroid dienone is 1. The molecule has 2 rings (SSSR count). The third-order valence-electron chi connectivity index (χ3n) is 2.60. The Bertz CT molecular complexity index is 644. The second-order valence-corrected chi connectivity index (χ2v) is 5.46. The number of rotatable bonds is 5. The van der Waals surface area contributed by atoms with Gasteiger partial charge in [0.05, 0.1) is 11.4 Å². The van der Waals surface area contributed by atoms with Gasteiger partial charge in [-0.2, -0.15) is 0 Å². The number of hydrogen-bond acceptors (Lipinski definition) is 3. The first-order valence-electron chi connectivity index (χ1n) is 5.89.